The van der Waals surface area contributed by atoms with E-state index in [0.717, 1.165) is 17.3 Å². The number of carbonyl (C=O) groups is 2. The molecule has 0 unspecified atom stereocenters. The van der Waals surface area contributed by atoms with E-state index in [2.05, 4.69) is 20.6 Å². The zero-order valence-corrected chi connectivity index (χ0v) is 16.3. The quantitative estimate of drug-likeness (QED) is 0.363. The molecule has 29 heavy (non-hydrogen) atoms. The first-order valence-corrected chi connectivity index (χ1v) is 9.90. The summed E-state index contributed by atoms with van der Waals surface area (Å²) in [5.74, 6) is 0.269. The highest BCUT2D eigenvalue weighted by molar-refractivity contribution is 7.99. The molecule has 3 rings (SSSR count). The molecular weight excluding hydrogens is 392 g/mol. The fourth-order valence-corrected chi connectivity index (χ4v) is 3.17. The van der Waals surface area contributed by atoms with Crippen molar-refractivity contribution < 1.29 is 14.0 Å². The number of hydrogen-bond donors (Lipinski definition) is 3. The van der Waals surface area contributed by atoms with Crippen LogP contribution in [0.5, 0.6) is 0 Å². The molecule has 2 heterocycles. The highest BCUT2D eigenvalue weighted by atomic mass is 32.2. The molecule has 0 aliphatic heterocycles. The van der Waals surface area contributed by atoms with Gasteiger partial charge in [0.1, 0.15) is 5.76 Å². The van der Waals surface area contributed by atoms with E-state index in [1.165, 1.54) is 12.3 Å². The lowest BCUT2D eigenvalue weighted by Crippen LogP contribution is -2.26. The van der Waals surface area contributed by atoms with Gasteiger partial charge in [0.05, 0.1) is 30.7 Å². The van der Waals surface area contributed by atoms with E-state index in [1.54, 1.807) is 12.1 Å². The molecule has 0 bridgehead atoms. The maximum absolute atomic E-state index is 12.1. The molecule has 0 radical (unpaired) electrons. The van der Waals surface area contributed by atoms with Crippen molar-refractivity contribution >= 4 is 23.6 Å². The minimum absolute atomic E-state index is 0.0188. The van der Waals surface area contributed by atoms with Crippen molar-refractivity contribution in [2.45, 2.75) is 24.7 Å². The van der Waals surface area contributed by atoms with E-state index >= 15 is 0 Å². The van der Waals surface area contributed by atoms with E-state index in [1.807, 2.05) is 30.3 Å². The summed E-state index contributed by atoms with van der Waals surface area (Å²) in [7, 11) is 0. The maximum atomic E-state index is 12.1. The molecule has 1 aromatic carbocycles. The Labute approximate surface area is 171 Å². The number of benzene rings is 1. The van der Waals surface area contributed by atoms with Crippen LogP contribution in [0.25, 0.3) is 0 Å². The lowest BCUT2D eigenvalue weighted by atomic mass is 10.2. The van der Waals surface area contributed by atoms with Crippen LogP contribution in [-0.4, -0.2) is 27.5 Å². The summed E-state index contributed by atoms with van der Waals surface area (Å²) in [6.45, 7) is 0.693. The monoisotopic (exact) mass is 412 g/mol. The van der Waals surface area contributed by atoms with E-state index in [9.17, 15) is 14.4 Å². The van der Waals surface area contributed by atoms with Crippen LogP contribution < -0.4 is 16.2 Å². The number of aromatic amines is 1. The number of carbonyl (C=O) groups excluding carboxylic acids is 2. The van der Waals surface area contributed by atoms with Gasteiger partial charge in [-0.15, -0.1) is 0 Å². The second-order valence-electron chi connectivity index (χ2n) is 6.13. The Balaban J connectivity index is 1.48. The van der Waals surface area contributed by atoms with Crippen LogP contribution in [0, 0.1) is 0 Å². The second-order valence-corrected chi connectivity index (χ2v) is 7.09. The Morgan fingerprint density at radius 1 is 1.03 bits per heavy atom. The first-order valence-electron chi connectivity index (χ1n) is 8.91. The fraction of sp³-hybridized carbons (Fsp3) is 0.200. The van der Waals surface area contributed by atoms with Gasteiger partial charge in [-0.2, -0.15) is 0 Å². The zero-order valence-electron chi connectivity index (χ0n) is 15.5. The van der Waals surface area contributed by atoms with Crippen LogP contribution in [0.2, 0.25) is 0 Å². The minimum atomic E-state index is -0.371. The predicted octanol–water partition coefficient (Wildman–Crippen LogP) is 1.63. The first kappa shape index (κ1) is 20.4. The average Bonchev–Trinajstić information content (AvgIpc) is 3.23. The molecule has 9 heteroatoms. The van der Waals surface area contributed by atoms with E-state index < -0.39 is 0 Å². The highest BCUT2D eigenvalue weighted by Crippen LogP contribution is 2.11. The molecule has 2 amide bonds. The van der Waals surface area contributed by atoms with Crippen LogP contribution in [0.1, 0.15) is 17.0 Å². The largest absolute Gasteiger partial charge is 0.467 e. The number of rotatable bonds is 9. The predicted molar refractivity (Wildman–Crippen MR) is 108 cm³/mol. The fourth-order valence-electron chi connectivity index (χ4n) is 2.45. The van der Waals surface area contributed by atoms with Crippen LogP contribution in [0.15, 0.2) is 69.2 Å². The number of nitrogens with one attached hydrogen (secondary N) is 3. The van der Waals surface area contributed by atoms with Gasteiger partial charge in [0.25, 0.3) is 5.56 Å². The smallest absolute Gasteiger partial charge is 0.251 e. The second kappa shape index (κ2) is 10.3. The summed E-state index contributed by atoms with van der Waals surface area (Å²) in [4.78, 5) is 42.7. The van der Waals surface area contributed by atoms with Gasteiger partial charge in [-0.25, -0.2) is 4.98 Å². The van der Waals surface area contributed by atoms with E-state index in [-0.39, 0.29) is 41.2 Å². The van der Waals surface area contributed by atoms with Gasteiger partial charge < -0.3 is 20.0 Å². The Hall–Kier alpha value is -3.33. The molecule has 0 spiro atoms. The molecule has 3 N–H and O–H groups in total. The van der Waals surface area contributed by atoms with Crippen molar-refractivity contribution in [2.24, 2.45) is 0 Å². The molecule has 0 aliphatic rings. The molecule has 0 atom stereocenters. The lowest BCUT2D eigenvalue weighted by Gasteiger charge is -2.07. The molecule has 3 aromatic rings. The summed E-state index contributed by atoms with van der Waals surface area (Å²) < 4.78 is 5.14. The van der Waals surface area contributed by atoms with Crippen LogP contribution >= 0.6 is 11.8 Å². The number of hydrogen-bond acceptors (Lipinski definition) is 6. The molecule has 0 fully saturated rings. The SMILES string of the molecule is O=C(CSc1nc(CC(=O)NCc2ccccc2)cc(=O)[nH]1)NCc1ccco1. The molecule has 8 nitrogen and oxygen atoms in total. The summed E-state index contributed by atoms with van der Waals surface area (Å²) >= 11 is 1.09. The lowest BCUT2D eigenvalue weighted by molar-refractivity contribution is -0.121. The van der Waals surface area contributed by atoms with Crippen LogP contribution in [0.4, 0.5) is 0 Å². The van der Waals surface area contributed by atoms with Crippen molar-refractivity contribution in [2.75, 3.05) is 5.75 Å². The van der Waals surface area contributed by atoms with Crippen molar-refractivity contribution in [1.82, 2.24) is 20.6 Å². The minimum Gasteiger partial charge on any atom is -0.467 e. The van der Waals surface area contributed by atoms with Crippen molar-refractivity contribution in [3.63, 3.8) is 0 Å². The van der Waals surface area contributed by atoms with E-state index in [4.69, 9.17) is 4.42 Å². The summed E-state index contributed by atoms with van der Waals surface area (Å²) in [6.07, 6.45) is 1.52. The summed E-state index contributed by atoms with van der Waals surface area (Å²) in [6, 6.07) is 14.3. The van der Waals surface area contributed by atoms with Gasteiger partial charge in [0.15, 0.2) is 5.16 Å². The third kappa shape index (κ3) is 6.96. The number of H-pyrrole nitrogens is 1. The Bertz CT molecular complexity index is 1000. The van der Waals surface area contributed by atoms with Gasteiger partial charge in [0, 0.05) is 12.6 Å². The Morgan fingerprint density at radius 3 is 2.59 bits per heavy atom. The standard InChI is InChI=1S/C20H20N4O4S/c25-17(21-11-14-5-2-1-3-6-14)9-15-10-18(26)24-20(23-15)29-13-19(27)22-12-16-7-4-8-28-16/h1-8,10H,9,11-13H2,(H,21,25)(H,22,27)(H,23,24,26). The van der Waals surface area contributed by atoms with E-state index in [0.29, 0.717) is 18.0 Å². The van der Waals surface area contributed by atoms with Gasteiger partial charge >= 0.3 is 0 Å². The molecule has 2 aromatic heterocycles. The maximum Gasteiger partial charge on any atom is 0.251 e. The third-order valence-electron chi connectivity index (χ3n) is 3.83. The first-order chi connectivity index (χ1) is 14.1. The van der Waals surface area contributed by atoms with Gasteiger partial charge in [0.2, 0.25) is 11.8 Å². The van der Waals surface area contributed by atoms with Gasteiger partial charge in [-0.05, 0) is 17.7 Å². The van der Waals surface area contributed by atoms with Gasteiger partial charge in [-0.1, -0.05) is 42.1 Å². The molecule has 150 valence electrons. The molecule has 0 aliphatic carbocycles. The zero-order chi connectivity index (χ0) is 20.5. The normalized spacial score (nSPS) is 10.5. The van der Waals surface area contributed by atoms with Crippen LogP contribution in [0.3, 0.4) is 0 Å². The van der Waals surface area contributed by atoms with Gasteiger partial charge in [-0.3, -0.25) is 14.4 Å². The number of nitrogens with zero attached hydrogens (tertiary/aromatic N) is 1. The Kier molecular flexibility index (Phi) is 7.23. The highest BCUT2D eigenvalue weighted by Gasteiger charge is 2.10. The average molecular weight is 412 g/mol. The number of thioether (sulfide) groups is 1. The molecule has 0 saturated heterocycles. The summed E-state index contributed by atoms with van der Waals surface area (Å²) in [5.41, 5.74) is 0.957. The van der Waals surface area contributed by atoms with Crippen molar-refractivity contribution in [3.05, 3.63) is 82.2 Å². The van der Waals surface area contributed by atoms with Crippen molar-refractivity contribution in [3.8, 4) is 0 Å². The summed E-state index contributed by atoms with van der Waals surface area (Å²) in [5, 5.41) is 5.80. The molecular formula is C20H20N4O4S. The van der Waals surface area contributed by atoms with Crippen LogP contribution in [-0.2, 0) is 29.1 Å². The molecule has 0 saturated carbocycles. The van der Waals surface area contributed by atoms with Crippen molar-refractivity contribution in [1.29, 1.82) is 0 Å². The Morgan fingerprint density at radius 2 is 1.83 bits per heavy atom. The number of furan rings is 1. The topological polar surface area (TPSA) is 117 Å². The number of aromatic nitrogens is 2. The third-order valence-corrected chi connectivity index (χ3v) is 4.70. The number of amides is 2.